The number of halogens is 1. The molecule has 0 spiro atoms. The summed E-state index contributed by atoms with van der Waals surface area (Å²) in [6.07, 6.45) is 1.25. The number of hydrogen-bond acceptors (Lipinski definition) is 9. The fourth-order valence-electron chi connectivity index (χ4n) is 5.25. The van der Waals surface area contributed by atoms with E-state index in [1.807, 2.05) is 6.07 Å². The summed E-state index contributed by atoms with van der Waals surface area (Å²) in [6, 6.07) is 12.3. The third-order valence-corrected chi connectivity index (χ3v) is 10.7. The number of benzene rings is 2. The SMILES string of the molecule is CCOC(=O)N1CCN(S(=O)(=O)c2ccc(C(=O)N(CCCN3CCOCC3)c3nc4ccc(CC)cc4s3)cc2)CC1.Cl. The molecular weight excluding hydrogens is 626 g/mol. The molecule has 3 aromatic rings. The van der Waals surface area contributed by atoms with Crippen LogP contribution in [-0.2, 0) is 25.9 Å². The number of aromatic nitrogens is 1. The van der Waals surface area contributed by atoms with E-state index in [1.165, 1.54) is 38.2 Å². The van der Waals surface area contributed by atoms with Crippen LogP contribution in [0.3, 0.4) is 0 Å². The van der Waals surface area contributed by atoms with Gasteiger partial charge in [0.2, 0.25) is 10.0 Å². The van der Waals surface area contributed by atoms with Crippen LogP contribution in [0.5, 0.6) is 0 Å². The molecule has 0 aliphatic carbocycles. The van der Waals surface area contributed by atoms with Crippen molar-refractivity contribution in [3.05, 3.63) is 53.6 Å². The van der Waals surface area contributed by atoms with Crippen molar-refractivity contribution in [3.63, 3.8) is 0 Å². The molecule has 2 amide bonds. The largest absolute Gasteiger partial charge is 0.450 e. The van der Waals surface area contributed by atoms with E-state index in [-0.39, 0.29) is 56.0 Å². The Hall–Kier alpha value is -2.81. The molecule has 2 fully saturated rings. The number of anilines is 1. The molecule has 0 saturated carbocycles. The summed E-state index contributed by atoms with van der Waals surface area (Å²) in [6.45, 7) is 9.51. The lowest BCUT2D eigenvalue weighted by atomic mass is 10.2. The molecule has 3 heterocycles. The Labute approximate surface area is 269 Å². The zero-order chi connectivity index (χ0) is 30.4. The van der Waals surface area contributed by atoms with Gasteiger partial charge in [0.25, 0.3) is 5.91 Å². The van der Waals surface area contributed by atoms with E-state index >= 15 is 0 Å². The maximum Gasteiger partial charge on any atom is 0.409 e. The van der Waals surface area contributed by atoms with E-state index in [1.54, 1.807) is 24.0 Å². The van der Waals surface area contributed by atoms with E-state index in [9.17, 15) is 18.0 Å². The molecule has 44 heavy (non-hydrogen) atoms. The summed E-state index contributed by atoms with van der Waals surface area (Å²) in [7, 11) is -3.79. The maximum atomic E-state index is 13.9. The normalized spacial score (nSPS) is 16.5. The van der Waals surface area contributed by atoms with Crippen molar-refractivity contribution in [3.8, 4) is 0 Å². The van der Waals surface area contributed by atoms with E-state index in [2.05, 4.69) is 24.0 Å². The van der Waals surface area contributed by atoms with Crippen LogP contribution in [0.15, 0.2) is 47.4 Å². The Bertz CT molecular complexity index is 1520. The fraction of sp³-hybridized carbons (Fsp3) is 0.500. The van der Waals surface area contributed by atoms with Crippen LogP contribution < -0.4 is 4.90 Å². The Morgan fingerprint density at radius 1 is 1.00 bits per heavy atom. The molecule has 0 radical (unpaired) electrons. The van der Waals surface area contributed by atoms with Gasteiger partial charge in [-0.05, 0) is 61.7 Å². The molecular formula is C30H40ClN5O6S2. The third-order valence-electron chi connectivity index (χ3n) is 7.79. The highest BCUT2D eigenvalue weighted by Gasteiger charge is 2.31. The smallest absolute Gasteiger partial charge is 0.409 e. The van der Waals surface area contributed by atoms with Crippen LogP contribution in [-0.4, -0.2) is 112 Å². The van der Waals surface area contributed by atoms with Crippen molar-refractivity contribution in [2.45, 2.75) is 31.6 Å². The van der Waals surface area contributed by atoms with Crippen LogP contribution in [0, 0.1) is 0 Å². The standard InChI is InChI=1S/C30H39N5O6S2.ClH/c1-3-23-6-11-26-27(22-23)42-29(31-26)35(13-5-12-32-18-20-40-21-19-32)28(36)24-7-9-25(10-8-24)43(38,39)34-16-14-33(15-17-34)30(37)41-4-2;/h6-11,22H,3-5,12-21H2,1-2H3;1H. The maximum absolute atomic E-state index is 13.9. The number of sulfonamides is 1. The number of fused-ring (bicyclic) bond motifs is 1. The van der Waals surface area contributed by atoms with Crippen molar-refractivity contribution in [1.29, 1.82) is 0 Å². The second kappa shape index (κ2) is 15.5. The number of nitrogens with zero attached hydrogens (tertiary/aromatic N) is 5. The third kappa shape index (κ3) is 7.88. The van der Waals surface area contributed by atoms with Crippen LogP contribution >= 0.6 is 23.7 Å². The summed E-state index contributed by atoms with van der Waals surface area (Å²) in [5.74, 6) is -0.219. The van der Waals surface area contributed by atoms with Crippen LogP contribution in [0.1, 0.15) is 36.2 Å². The number of morpholine rings is 1. The number of carbonyl (C=O) groups is 2. The molecule has 0 atom stereocenters. The molecule has 14 heteroatoms. The minimum absolute atomic E-state index is 0. The predicted octanol–water partition coefficient (Wildman–Crippen LogP) is 4.11. The number of aryl methyl sites for hydroxylation is 1. The van der Waals surface area contributed by atoms with Gasteiger partial charge in [-0.15, -0.1) is 12.4 Å². The molecule has 11 nitrogen and oxygen atoms in total. The summed E-state index contributed by atoms with van der Waals surface area (Å²) in [5.41, 5.74) is 2.46. The van der Waals surface area contributed by atoms with Gasteiger partial charge in [0.05, 0.1) is 34.9 Å². The van der Waals surface area contributed by atoms with Crippen LogP contribution in [0.25, 0.3) is 10.2 Å². The van der Waals surface area contributed by atoms with Gasteiger partial charge in [-0.2, -0.15) is 4.31 Å². The summed E-state index contributed by atoms with van der Waals surface area (Å²) < 4.78 is 39.6. The first-order valence-corrected chi connectivity index (χ1v) is 17.1. The van der Waals surface area contributed by atoms with Crippen molar-refractivity contribution < 1.29 is 27.5 Å². The fourth-order valence-corrected chi connectivity index (χ4v) is 7.73. The van der Waals surface area contributed by atoms with Crippen molar-refractivity contribution in [1.82, 2.24) is 19.1 Å². The number of carbonyl (C=O) groups excluding carboxylic acids is 2. The number of hydrogen-bond donors (Lipinski definition) is 0. The quantitative estimate of drug-likeness (QED) is 0.318. The summed E-state index contributed by atoms with van der Waals surface area (Å²) in [4.78, 5) is 36.4. The highest BCUT2D eigenvalue weighted by Crippen LogP contribution is 2.31. The van der Waals surface area contributed by atoms with Crippen molar-refractivity contribution in [2.24, 2.45) is 0 Å². The molecule has 2 saturated heterocycles. The van der Waals surface area contributed by atoms with Gasteiger partial charge in [0.15, 0.2) is 5.13 Å². The van der Waals surface area contributed by atoms with Crippen molar-refractivity contribution >= 4 is 61.1 Å². The molecule has 0 N–H and O–H groups in total. The molecule has 1 aromatic heterocycles. The first-order chi connectivity index (χ1) is 20.8. The zero-order valence-corrected chi connectivity index (χ0v) is 27.6. The average molecular weight is 666 g/mol. The number of piperazine rings is 1. The zero-order valence-electron chi connectivity index (χ0n) is 25.1. The molecule has 0 unspecified atom stereocenters. The van der Waals surface area contributed by atoms with Gasteiger partial charge in [0, 0.05) is 57.9 Å². The lowest BCUT2D eigenvalue weighted by Gasteiger charge is -2.33. The van der Waals surface area contributed by atoms with Gasteiger partial charge in [-0.25, -0.2) is 18.2 Å². The monoisotopic (exact) mass is 665 g/mol. The average Bonchev–Trinajstić information content (AvgIpc) is 3.46. The van der Waals surface area contributed by atoms with Gasteiger partial charge in [0.1, 0.15) is 0 Å². The van der Waals surface area contributed by atoms with Gasteiger partial charge >= 0.3 is 6.09 Å². The highest BCUT2D eigenvalue weighted by molar-refractivity contribution is 7.89. The Balaban J connectivity index is 0.00000442. The molecule has 2 aliphatic heterocycles. The van der Waals surface area contributed by atoms with E-state index in [4.69, 9.17) is 14.5 Å². The second-order valence-corrected chi connectivity index (χ2v) is 13.5. The van der Waals surface area contributed by atoms with E-state index in [0.717, 1.165) is 55.9 Å². The summed E-state index contributed by atoms with van der Waals surface area (Å²) >= 11 is 1.50. The van der Waals surface area contributed by atoms with E-state index in [0.29, 0.717) is 17.2 Å². The van der Waals surface area contributed by atoms with Crippen molar-refractivity contribution in [2.75, 3.05) is 77.1 Å². The molecule has 2 aliphatic rings. The Morgan fingerprint density at radius 2 is 1.70 bits per heavy atom. The first-order valence-electron chi connectivity index (χ1n) is 14.8. The lowest BCUT2D eigenvalue weighted by Crippen LogP contribution is -2.50. The topological polar surface area (TPSA) is 113 Å². The summed E-state index contributed by atoms with van der Waals surface area (Å²) in [5, 5.41) is 0.631. The Morgan fingerprint density at radius 3 is 2.36 bits per heavy atom. The van der Waals surface area contributed by atoms with Crippen LogP contribution in [0.4, 0.5) is 9.93 Å². The molecule has 2 aromatic carbocycles. The molecule has 5 rings (SSSR count). The lowest BCUT2D eigenvalue weighted by molar-refractivity contribution is 0.0376. The van der Waals surface area contributed by atoms with Gasteiger partial charge in [-0.3, -0.25) is 14.6 Å². The minimum atomic E-state index is -3.79. The van der Waals surface area contributed by atoms with E-state index < -0.39 is 16.1 Å². The first kappa shape index (κ1) is 34.1. The van der Waals surface area contributed by atoms with Gasteiger partial charge in [-0.1, -0.05) is 24.3 Å². The second-order valence-electron chi connectivity index (χ2n) is 10.5. The molecule has 0 bridgehead atoms. The van der Waals surface area contributed by atoms with Crippen LogP contribution in [0.2, 0.25) is 0 Å². The number of amides is 2. The Kier molecular flexibility index (Phi) is 12.0. The number of ether oxygens (including phenoxy) is 2. The molecule has 240 valence electrons. The van der Waals surface area contributed by atoms with Gasteiger partial charge < -0.3 is 14.4 Å². The predicted molar refractivity (Wildman–Crippen MR) is 174 cm³/mol. The number of rotatable bonds is 10. The highest BCUT2D eigenvalue weighted by atomic mass is 35.5. The minimum Gasteiger partial charge on any atom is -0.450 e. The number of thiazole rings is 1.